The summed E-state index contributed by atoms with van der Waals surface area (Å²) >= 11 is 0. The fourth-order valence-electron chi connectivity index (χ4n) is 2.05. The molecule has 2 aromatic rings. The third kappa shape index (κ3) is 2.49. The highest BCUT2D eigenvalue weighted by molar-refractivity contribution is 5.90. The van der Waals surface area contributed by atoms with Crippen LogP contribution in [0, 0.1) is 30.9 Å². The average Bonchev–Trinajstić information content (AvgIpc) is 2.73. The molecule has 0 aliphatic carbocycles. The van der Waals surface area contributed by atoms with Crippen LogP contribution in [0.2, 0.25) is 0 Å². The molecule has 0 aliphatic heterocycles. The van der Waals surface area contributed by atoms with E-state index in [0.717, 1.165) is 17.0 Å². The summed E-state index contributed by atoms with van der Waals surface area (Å²) in [6, 6.07) is 4.07. The van der Waals surface area contributed by atoms with Gasteiger partial charge < -0.3 is 4.74 Å². The van der Waals surface area contributed by atoms with Crippen molar-refractivity contribution in [1.82, 2.24) is 9.78 Å². The molecule has 0 spiro atoms. The van der Waals surface area contributed by atoms with Crippen molar-refractivity contribution in [3.05, 3.63) is 50.8 Å². The van der Waals surface area contributed by atoms with E-state index in [1.165, 1.54) is 30.0 Å². The van der Waals surface area contributed by atoms with Crippen LogP contribution in [-0.4, -0.2) is 27.8 Å². The van der Waals surface area contributed by atoms with Crippen molar-refractivity contribution in [3.63, 3.8) is 0 Å². The van der Waals surface area contributed by atoms with Gasteiger partial charge in [0.25, 0.3) is 5.69 Å². The first-order chi connectivity index (χ1) is 9.86. The lowest BCUT2D eigenvalue weighted by Crippen LogP contribution is -2.07. The van der Waals surface area contributed by atoms with E-state index < -0.39 is 10.9 Å². The lowest BCUT2D eigenvalue weighted by atomic mass is 10.1. The topological polar surface area (TPSA) is 87.3 Å². The smallest absolute Gasteiger partial charge is 0.337 e. The average molecular weight is 289 g/mol. The molecule has 0 aliphatic rings. The van der Waals surface area contributed by atoms with Gasteiger partial charge in [-0.15, -0.1) is 0 Å². The predicted octanol–water partition coefficient (Wildman–Crippen LogP) is 2.49. The number of esters is 1. The van der Waals surface area contributed by atoms with Crippen molar-refractivity contribution in [2.24, 2.45) is 0 Å². The molecule has 0 amide bonds. The number of hydrogen-bond acceptors (Lipinski definition) is 5. The van der Waals surface area contributed by atoms with Crippen LogP contribution in [0.5, 0.6) is 0 Å². The highest BCUT2D eigenvalue weighted by atomic mass is 16.6. The van der Waals surface area contributed by atoms with E-state index in [9.17, 15) is 14.9 Å². The highest BCUT2D eigenvalue weighted by Crippen LogP contribution is 2.27. The maximum atomic E-state index is 11.6. The number of nitrogens with zero attached hydrogens (tertiary/aromatic N) is 3. The van der Waals surface area contributed by atoms with Gasteiger partial charge in [-0.05, 0) is 38.5 Å². The van der Waals surface area contributed by atoms with Gasteiger partial charge in [-0.25, -0.2) is 9.48 Å². The van der Waals surface area contributed by atoms with E-state index in [1.807, 2.05) is 20.8 Å². The second-order valence-corrected chi connectivity index (χ2v) is 4.66. The van der Waals surface area contributed by atoms with E-state index in [-0.39, 0.29) is 16.9 Å². The van der Waals surface area contributed by atoms with Crippen LogP contribution in [0.15, 0.2) is 18.2 Å². The lowest BCUT2D eigenvalue weighted by molar-refractivity contribution is -0.384. The number of hydrogen-bond donors (Lipinski definition) is 0. The number of carbonyl (C=O) groups excluding carboxylic acids is 1. The van der Waals surface area contributed by atoms with Crippen LogP contribution in [0.4, 0.5) is 5.69 Å². The largest absolute Gasteiger partial charge is 0.465 e. The zero-order valence-electron chi connectivity index (χ0n) is 12.2. The molecule has 1 aromatic carbocycles. The van der Waals surface area contributed by atoms with Gasteiger partial charge in [0.2, 0.25) is 0 Å². The molecule has 0 saturated carbocycles. The Morgan fingerprint density at radius 3 is 2.48 bits per heavy atom. The summed E-state index contributed by atoms with van der Waals surface area (Å²) in [5.74, 6) is -0.551. The van der Waals surface area contributed by atoms with Crippen LogP contribution < -0.4 is 0 Å². The lowest BCUT2D eigenvalue weighted by Gasteiger charge is -2.07. The molecular formula is C14H15N3O4. The number of nitro groups is 1. The number of aromatic nitrogens is 2. The Morgan fingerprint density at radius 2 is 2.00 bits per heavy atom. The van der Waals surface area contributed by atoms with Crippen molar-refractivity contribution < 1.29 is 14.5 Å². The van der Waals surface area contributed by atoms with Crippen molar-refractivity contribution in [2.75, 3.05) is 7.11 Å². The van der Waals surface area contributed by atoms with Crippen molar-refractivity contribution in [2.45, 2.75) is 20.8 Å². The first kappa shape index (κ1) is 14.7. The molecule has 0 fully saturated rings. The summed E-state index contributed by atoms with van der Waals surface area (Å²) < 4.78 is 6.13. The first-order valence-corrected chi connectivity index (χ1v) is 6.26. The predicted molar refractivity (Wildman–Crippen MR) is 75.8 cm³/mol. The number of benzene rings is 1. The maximum absolute atomic E-state index is 11.6. The van der Waals surface area contributed by atoms with Gasteiger partial charge in [0.15, 0.2) is 0 Å². The van der Waals surface area contributed by atoms with Crippen LogP contribution >= 0.6 is 0 Å². The Balaban J connectivity index is 2.71. The Hall–Kier alpha value is -2.70. The number of carbonyl (C=O) groups is 1. The number of rotatable bonds is 3. The van der Waals surface area contributed by atoms with Crippen LogP contribution in [0.25, 0.3) is 5.69 Å². The summed E-state index contributed by atoms with van der Waals surface area (Å²) in [5.41, 5.74) is 2.89. The molecule has 1 heterocycles. The highest BCUT2D eigenvalue weighted by Gasteiger charge is 2.21. The molecule has 21 heavy (non-hydrogen) atoms. The Labute approximate surface area is 121 Å². The van der Waals surface area contributed by atoms with E-state index in [2.05, 4.69) is 9.84 Å². The normalized spacial score (nSPS) is 10.5. The number of methoxy groups -OCH3 is 1. The number of aryl methyl sites for hydroxylation is 1. The SMILES string of the molecule is COC(=O)c1ccc([N+](=O)[O-])c(-n2nc(C)c(C)c2C)c1. The van der Waals surface area contributed by atoms with Crippen LogP contribution in [0.3, 0.4) is 0 Å². The molecule has 7 heteroatoms. The molecule has 0 atom stereocenters. The van der Waals surface area contributed by atoms with Gasteiger partial charge in [0.1, 0.15) is 5.69 Å². The molecule has 0 bridgehead atoms. The third-order valence-corrected chi connectivity index (χ3v) is 3.47. The van der Waals surface area contributed by atoms with Crippen molar-refractivity contribution in [3.8, 4) is 5.69 Å². The summed E-state index contributed by atoms with van der Waals surface area (Å²) in [7, 11) is 1.26. The van der Waals surface area contributed by atoms with Gasteiger partial charge >= 0.3 is 5.97 Å². The fourth-order valence-corrected chi connectivity index (χ4v) is 2.05. The standard InChI is InChI=1S/C14H15N3O4/c1-8-9(2)15-16(10(8)3)13-7-11(14(18)21-4)5-6-12(13)17(19)20/h5-7H,1-4H3. The third-order valence-electron chi connectivity index (χ3n) is 3.47. The Bertz CT molecular complexity index is 734. The molecule has 0 unspecified atom stereocenters. The molecule has 110 valence electrons. The monoisotopic (exact) mass is 289 g/mol. The molecule has 0 radical (unpaired) electrons. The minimum atomic E-state index is -0.551. The summed E-state index contributed by atoms with van der Waals surface area (Å²) in [4.78, 5) is 22.3. The van der Waals surface area contributed by atoms with E-state index in [1.54, 1.807) is 0 Å². The van der Waals surface area contributed by atoms with Gasteiger partial charge in [-0.3, -0.25) is 10.1 Å². The van der Waals surface area contributed by atoms with E-state index >= 15 is 0 Å². The summed E-state index contributed by atoms with van der Waals surface area (Å²) in [6.07, 6.45) is 0. The minimum absolute atomic E-state index is 0.117. The zero-order chi connectivity index (χ0) is 15.7. The fraction of sp³-hybridized carbons (Fsp3) is 0.286. The van der Waals surface area contributed by atoms with Gasteiger partial charge in [0, 0.05) is 11.8 Å². The number of nitro benzene ring substituents is 1. The second-order valence-electron chi connectivity index (χ2n) is 4.66. The maximum Gasteiger partial charge on any atom is 0.337 e. The molecular weight excluding hydrogens is 274 g/mol. The quantitative estimate of drug-likeness (QED) is 0.492. The Kier molecular flexibility index (Phi) is 3.75. The molecule has 1 aromatic heterocycles. The summed E-state index contributed by atoms with van der Waals surface area (Å²) in [5, 5.41) is 15.5. The molecule has 0 saturated heterocycles. The molecule has 0 N–H and O–H groups in total. The van der Waals surface area contributed by atoms with Crippen LogP contribution in [-0.2, 0) is 4.74 Å². The zero-order valence-corrected chi connectivity index (χ0v) is 12.2. The Morgan fingerprint density at radius 1 is 1.33 bits per heavy atom. The van der Waals surface area contributed by atoms with Crippen LogP contribution in [0.1, 0.15) is 27.3 Å². The van der Waals surface area contributed by atoms with E-state index in [0.29, 0.717) is 0 Å². The van der Waals surface area contributed by atoms with E-state index in [4.69, 9.17) is 0 Å². The molecule has 7 nitrogen and oxygen atoms in total. The van der Waals surface area contributed by atoms with Gasteiger partial charge in [-0.2, -0.15) is 5.10 Å². The second kappa shape index (κ2) is 5.35. The first-order valence-electron chi connectivity index (χ1n) is 6.26. The van der Waals surface area contributed by atoms with Crippen molar-refractivity contribution in [1.29, 1.82) is 0 Å². The summed E-state index contributed by atoms with van der Waals surface area (Å²) in [6.45, 7) is 5.54. The minimum Gasteiger partial charge on any atom is -0.465 e. The van der Waals surface area contributed by atoms with Crippen molar-refractivity contribution >= 4 is 11.7 Å². The molecule has 2 rings (SSSR count). The van der Waals surface area contributed by atoms with Gasteiger partial charge in [0.05, 0.1) is 23.3 Å². The van der Waals surface area contributed by atoms with Gasteiger partial charge in [-0.1, -0.05) is 0 Å². The number of ether oxygens (including phenoxy) is 1.